The summed E-state index contributed by atoms with van der Waals surface area (Å²) >= 11 is 0. The number of hydrogen-bond acceptors (Lipinski definition) is 3. The van der Waals surface area contributed by atoms with Crippen LogP contribution in [0.3, 0.4) is 0 Å². The third-order valence-electron chi connectivity index (χ3n) is 4.05. The van der Waals surface area contributed by atoms with Gasteiger partial charge in [0.2, 0.25) is 0 Å². The molecule has 0 radical (unpaired) electrons. The van der Waals surface area contributed by atoms with Crippen molar-refractivity contribution < 1.29 is 19.2 Å². The second kappa shape index (κ2) is 10.3. The van der Waals surface area contributed by atoms with Gasteiger partial charge >= 0.3 is 0 Å². The molecule has 2 aromatic rings. The molecule has 2 rings (SSSR count). The first-order valence-corrected chi connectivity index (χ1v) is 9.23. The SMILES string of the molecule is CCOc1ccc(NC(=O)C[NH+](C)CC(=O)Nc2ccccc2CC)cc1. The van der Waals surface area contributed by atoms with Gasteiger partial charge in [0, 0.05) is 11.4 Å². The Labute approximate surface area is 160 Å². The lowest BCUT2D eigenvalue weighted by Gasteiger charge is -2.15. The van der Waals surface area contributed by atoms with Gasteiger partial charge in [0.05, 0.1) is 13.7 Å². The van der Waals surface area contributed by atoms with E-state index in [0.717, 1.165) is 28.3 Å². The van der Waals surface area contributed by atoms with Crippen LogP contribution in [-0.2, 0) is 16.0 Å². The number of amides is 2. The van der Waals surface area contributed by atoms with Crippen molar-refractivity contribution in [3.63, 3.8) is 0 Å². The molecule has 6 heteroatoms. The van der Waals surface area contributed by atoms with Crippen LogP contribution in [0.4, 0.5) is 11.4 Å². The molecule has 0 spiro atoms. The topological polar surface area (TPSA) is 71.9 Å². The van der Waals surface area contributed by atoms with Gasteiger partial charge in [0.1, 0.15) is 5.75 Å². The third kappa shape index (κ3) is 6.75. The van der Waals surface area contributed by atoms with E-state index >= 15 is 0 Å². The number of anilines is 2. The molecule has 0 saturated carbocycles. The summed E-state index contributed by atoms with van der Waals surface area (Å²) in [4.78, 5) is 25.2. The summed E-state index contributed by atoms with van der Waals surface area (Å²) in [6.45, 7) is 4.99. The van der Waals surface area contributed by atoms with Crippen LogP contribution in [0.5, 0.6) is 5.75 Å². The van der Waals surface area contributed by atoms with Crippen LogP contribution in [0.25, 0.3) is 0 Å². The molecule has 0 saturated heterocycles. The lowest BCUT2D eigenvalue weighted by Crippen LogP contribution is -3.11. The molecule has 144 valence electrons. The molecule has 6 nitrogen and oxygen atoms in total. The van der Waals surface area contributed by atoms with Gasteiger partial charge in [-0.25, -0.2) is 0 Å². The first-order valence-electron chi connectivity index (χ1n) is 9.23. The molecule has 0 aromatic heterocycles. The Balaban J connectivity index is 1.81. The van der Waals surface area contributed by atoms with Gasteiger partial charge in [-0.15, -0.1) is 0 Å². The van der Waals surface area contributed by atoms with E-state index in [-0.39, 0.29) is 24.9 Å². The second-order valence-corrected chi connectivity index (χ2v) is 6.38. The fourth-order valence-corrected chi connectivity index (χ4v) is 2.76. The molecular weight excluding hydrogens is 342 g/mol. The highest BCUT2D eigenvalue weighted by Gasteiger charge is 2.15. The Hall–Kier alpha value is -2.86. The summed E-state index contributed by atoms with van der Waals surface area (Å²) in [5.74, 6) is 0.517. The predicted molar refractivity (Wildman–Crippen MR) is 107 cm³/mol. The Morgan fingerprint density at radius 2 is 1.56 bits per heavy atom. The molecule has 0 bridgehead atoms. The standard InChI is InChI=1S/C21H27N3O3/c1-4-16-8-6-7-9-19(16)23-21(26)15-24(3)14-20(25)22-17-10-12-18(13-11-17)27-5-2/h6-13H,4-5,14-15H2,1-3H3,(H,22,25)(H,23,26)/p+1. The molecule has 2 aromatic carbocycles. The van der Waals surface area contributed by atoms with Crippen LogP contribution in [0.1, 0.15) is 19.4 Å². The van der Waals surface area contributed by atoms with Gasteiger partial charge in [-0.3, -0.25) is 9.59 Å². The first kappa shape index (κ1) is 20.5. The fourth-order valence-electron chi connectivity index (χ4n) is 2.76. The molecule has 1 unspecified atom stereocenters. The third-order valence-corrected chi connectivity index (χ3v) is 4.05. The van der Waals surface area contributed by atoms with Crippen LogP contribution < -0.4 is 20.3 Å². The molecule has 27 heavy (non-hydrogen) atoms. The Morgan fingerprint density at radius 3 is 2.19 bits per heavy atom. The highest BCUT2D eigenvalue weighted by atomic mass is 16.5. The molecule has 1 atom stereocenters. The van der Waals surface area contributed by atoms with E-state index in [4.69, 9.17) is 4.74 Å². The Morgan fingerprint density at radius 1 is 0.926 bits per heavy atom. The number of likely N-dealkylation sites (N-methyl/N-ethyl adjacent to an activating group) is 1. The number of benzene rings is 2. The van der Waals surface area contributed by atoms with Crippen molar-refractivity contribution in [2.24, 2.45) is 0 Å². The molecule has 0 fully saturated rings. The normalized spacial score (nSPS) is 11.5. The van der Waals surface area contributed by atoms with Crippen molar-refractivity contribution in [1.82, 2.24) is 0 Å². The Bertz CT molecular complexity index is 760. The summed E-state index contributed by atoms with van der Waals surface area (Å²) in [7, 11) is 1.82. The number of hydrogen-bond donors (Lipinski definition) is 3. The smallest absolute Gasteiger partial charge is 0.279 e. The summed E-state index contributed by atoms with van der Waals surface area (Å²) < 4.78 is 5.38. The van der Waals surface area contributed by atoms with Crippen LogP contribution in [0.2, 0.25) is 0 Å². The Kier molecular flexibility index (Phi) is 7.82. The van der Waals surface area contributed by atoms with E-state index in [1.807, 2.05) is 57.3 Å². The highest BCUT2D eigenvalue weighted by Crippen LogP contribution is 2.16. The van der Waals surface area contributed by atoms with E-state index in [1.165, 1.54) is 0 Å². The molecular formula is C21H28N3O3+. The average Bonchev–Trinajstić information content (AvgIpc) is 2.63. The van der Waals surface area contributed by atoms with E-state index in [0.29, 0.717) is 12.3 Å². The van der Waals surface area contributed by atoms with Gasteiger partial charge in [0.25, 0.3) is 11.8 Å². The van der Waals surface area contributed by atoms with Crippen molar-refractivity contribution >= 4 is 23.2 Å². The molecule has 3 N–H and O–H groups in total. The zero-order valence-corrected chi connectivity index (χ0v) is 16.2. The maximum absolute atomic E-state index is 12.3. The van der Waals surface area contributed by atoms with Crippen molar-refractivity contribution in [3.05, 3.63) is 54.1 Å². The largest absolute Gasteiger partial charge is 0.494 e. The monoisotopic (exact) mass is 370 g/mol. The number of quaternary nitrogens is 1. The van der Waals surface area contributed by atoms with E-state index < -0.39 is 0 Å². The van der Waals surface area contributed by atoms with E-state index in [1.54, 1.807) is 12.1 Å². The second-order valence-electron chi connectivity index (χ2n) is 6.38. The van der Waals surface area contributed by atoms with Gasteiger partial charge in [-0.05, 0) is 49.2 Å². The van der Waals surface area contributed by atoms with Crippen LogP contribution >= 0.6 is 0 Å². The molecule has 0 aliphatic carbocycles. The minimum Gasteiger partial charge on any atom is -0.494 e. The van der Waals surface area contributed by atoms with Crippen LogP contribution in [0, 0.1) is 0 Å². The van der Waals surface area contributed by atoms with Gasteiger partial charge in [-0.2, -0.15) is 0 Å². The zero-order chi connectivity index (χ0) is 19.6. The van der Waals surface area contributed by atoms with Crippen molar-refractivity contribution in [3.8, 4) is 5.75 Å². The number of carbonyl (C=O) groups is 2. The van der Waals surface area contributed by atoms with Gasteiger partial charge in [-0.1, -0.05) is 25.1 Å². The zero-order valence-electron chi connectivity index (χ0n) is 16.2. The predicted octanol–water partition coefficient (Wildman–Crippen LogP) is 1.74. The van der Waals surface area contributed by atoms with Crippen molar-refractivity contribution in [2.45, 2.75) is 20.3 Å². The van der Waals surface area contributed by atoms with E-state index in [9.17, 15) is 9.59 Å². The van der Waals surface area contributed by atoms with Crippen molar-refractivity contribution in [1.29, 1.82) is 0 Å². The van der Waals surface area contributed by atoms with Crippen molar-refractivity contribution in [2.75, 3.05) is 37.4 Å². The molecule has 0 aliphatic rings. The number of carbonyl (C=O) groups excluding carboxylic acids is 2. The van der Waals surface area contributed by atoms with Crippen LogP contribution in [0.15, 0.2) is 48.5 Å². The lowest BCUT2D eigenvalue weighted by atomic mass is 10.1. The van der Waals surface area contributed by atoms with E-state index in [2.05, 4.69) is 10.6 Å². The number of para-hydroxylation sites is 1. The maximum Gasteiger partial charge on any atom is 0.279 e. The summed E-state index contributed by atoms with van der Waals surface area (Å²) in [6.07, 6.45) is 0.851. The highest BCUT2D eigenvalue weighted by molar-refractivity contribution is 5.93. The first-order chi connectivity index (χ1) is 13.0. The molecule has 2 amide bonds. The fraction of sp³-hybridized carbons (Fsp3) is 0.333. The summed E-state index contributed by atoms with van der Waals surface area (Å²) in [5, 5.41) is 5.76. The number of aryl methyl sites for hydroxylation is 1. The maximum atomic E-state index is 12.3. The average molecular weight is 370 g/mol. The summed E-state index contributed by atoms with van der Waals surface area (Å²) in [6, 6.07) is 15.0. The molecule has 0 heterocycles. The number of rotatable bonds is 9. The summed E-state index contributed by atoms with van der Waals surface area (Å²) in [5.41, 5.74) is 2.63. The van der Waals surface area contributed by atoms with Crippen LogP contribution in [-0.4, -0.2) is 38.6 Å². The number of ether oxygens (including phenoxy) is 1. The number of nitrogens with one attached hydrogen (secondary N) is 3. The quantitative estimate of drug-likeness (QED) is 0.630. The minimum absolute atomic E-state index is 0.109. The van der Waals surface area contributed by atoms with Gasteiger partial charge < -0.3 is 20.3 Å². The molecule has 0 aliphatic heterocycles. The lowest BCUT2D eigenvalue weighted by molar-refractivity contribution is -0.862. The minimum atomic E-state index is -0.140. The van der Waals surface area contributed by atoms with Gasteiger partial charge in [0.15, 0.2) is 13.1 Å².